The first-order valence-electron chi connectivity index (χ1n) is 6.63. The molecule has 1 aliphatic carbocycles. The van der Waals surface area contributed by atoms with Crippen molar-refractivity contribution in [2.45, 2.75) is 63.8 Å². The monoisotopic (exact) mass is 227 g/mol. The van der Waals surface area contributed by atoms with E-state index in [1.807, 2.05) is 0 Å². The molecule has 0 aromatic heterocycles. The number of aliphatic hydroxyl groups is 1. The molecule has 3 unspecified atom stereocenters. The van der Waals surface area contributed by atoms with Crippen LogP contribution in [0.1, 0.15) is 46.0 Å². The Balaban J connectivity index is 1.62. The van der Waals surface area contributed by atoms with E-state index in [-0.39, 0.29) is 11.7 Å². The van der Waals surface area contributed by atoms with Crippen LogP contribution in [-0.2, 0) is 4.74 Å². The zero-order valence-corrected chi connectivity index (χ0v) is 10.5. The molecule has 1 saturated heterocycles. The van der Waals surface area contributed by atoms with Gasteiger partial charge in [-0.2, -0.15) is 0 Å². The van der Waals surface area contributed by atoms with Crippen molar-refractivity contribution in [2.75, 3.05) is 13.1 Å². The maximum atomic E-state index is 9.69. The Bertz CT molecular complexity index is 230. The number of hydrogen-bond donors (Lipinski definition) is 2. The summed E-state index contributed by atoms with van der Waals surface area (Å²) < 4.78 is 5.92. The smallest absolute Gasteiger partial charge is 0.0707 e. The predicted octanol–water partition coefficient (Wildman–Crippen LogP) is 1.69. The van der Waals surface area contributed by atoms with Crippen LogP contribution in [0.4, 0.5) is 0 Å². The van der Waals surface area contributed by atoms with Crippen molar-refractivity contribution >= 4 is 0 Å². The van der Waals surface area contributed by atoms with Gasteiger partial charge in [0.25, 0.3) is 0 Å². The Morgan fingerprint density at radius 1 is 1.25 bits per heavy atom. The first-order valence-corrected chi connectivity index (χ1v) is 6.63. The summed E-state index contributed by atoms with van der Waals surface area (Å²) in [7, 11) is 0. The standard InChI is InChI=1S/C13H25NO2/c1-13(2)7-6-11(16-13)9-14-8-10-4-3-5-12(10)15/h10-12,14-15H,3-9H2,1-2H3. The maximum Gasteiger partial charge on any atom is 0.0707 e. The quantitative estimate of drug-likeness (QED) is 0.768. The second-order valence-electron chi connectivity index (χ2n) is 5.95. The summed E-state index contributed by atoms with van der Waals surface area (Å²) in [6.45, 7) is 6.20. The first-order chi connectivity index (χ1) is 7.57. The molecule has 2 aliphatic rings. The Hall–Kier alpha value is -0.120. The maximum absolute atomic E-state index is 9.69. The molecule has 3 heteroatoms. The molecule has 3 atom stereocenters. The molecule has 3 nitrogen and oxygen atoms in total. The molecule has 2 fully saturated rings. The van der Waals surface area contributed by atoms with Crippen LogP contribution < -0.4 is 5.32 Å². The van der Waals surface area contributed by atoms with E-state index in [9.17, 15) is 5.11 Å². The van der Waals surface area contributed by atoms with Crippen LogP contribution in [0, 0.1) is 5.92 Å². The summed E-state index contributed by atoms with van der Waals surface area (Å²) in [5, 5.41) is 13.1. The van der Waals surface area contributed by atoms with Crippen LogP contribution in [0.25, 0.3) is 0 Å². The topological polar surface area (TPSA) is 41.5 Å². The van der Waals surface area contributed by atoms with Gasteiger partial charge in [0.15, 0.2) is 0 Å². The fourth-order valence-electron chi connectivity index (χ4n) is 2.91. The van der Waals surface area contributed by atoms with Crippen molar-refractivity contribution in [3.05, 3.63) is 0 Å². The van der Waals surface area contributed by atoms with Crippen molar-refractivity contribution in [1.29, 1.82) is 0 Å². The van der Waals surface area contributed by atoms with Gasteiger partial charge in [-0.25, -0.2) is 0 Å². The zero-order valence-electron chi connectivity index (χ0n) is 10.5. The van der Waals surface area contributed by atoms with Crippen LogP contribution in [-0.4, -0.2) is 36.0 Å². The number of nitrogens with one attached hydrogen (secondary N) is 1. The van der Waals surface area contributed by atoms with Gasteiger partial charge in [-0.15, -0.1) is 0 Å². The minimum Gasteiger partial charge on any atom is -0.393 e. The minimum absolute atomic E-state index is 0.0687. The lowest BCUT2D eigenvalue weighted by molar-refractivity contribution is -0.0149. The van der Waals surface area contributed by atoms with Crippen LogP contribution in [0.5, 0.6) is 0 Å². The average molecular weight is 227 g/mol. The third-order valence-electron chi connectivity index (χ3n) is 3.95. The second kappa shape index (κ2) is 5.03. The average Bonchev–Trinajstić information content (AvgIpc) is 2.74. The summed E-state index contributed by atoms with van der Waals surface area (Å²) in [4.78, 5) is 0. The molecule has 2 N–H and O–H groups in total. The van der Waals surface area contributed by atoms with E-state index in [0.29, 0.717) is 12.0 Å². The van der Waals surface area contributed by atoms with E-state index in [1.165, 1.54) is 12.8 Å². The third-order valence-corrected chi connectivity index (χ3v) is 3.95. The van der Waals surface area contributed by atoms with E-state index in [1.54, 1.807) is 0 Å². The van der Waals surface area contributed by atoms with E-state index < -0.39 is 0 Å². The highest BCUT2D eigenvalue weighted by Gasteiger charge is 2.31. The molecule has 1 saturated carbocycles. The van der Waals surface area contributed by atoms with Gasteiger partial charge < -0.3 is 15.2 Å². The van der Waals surface area contributed by atoms with Crippen molar-refractivity contribution in [3.8, 4) is 0 Å². The van der Waals surface area contributed by atoms with Crippen molar-refractivity contribution in [2.24, 2.45) is 5.92 Å². The number of aliphatic hydroxyl groups excluding tert-OH is 1. The lowest BCUT2D eigenvalue weighted by atomic mass is 10.0. The summed E-state index contributed by atoms with van der Waals surface area (Å²) >= 11 is 0. The van der Waals surface area contributed by atoms with Gasteiger partial charge >= 0.3 is 0 Å². The summed E-state index contributed by atoms with van der Waals surface area (Å²) in [6, 6.07) is 0. The van der Waals surface area contributed by atoms with Crippen LogP contribution >= 0.6 is 0 Å². The highest BCUT2D eigenvalue weighted by molar-refractivity contribution is 4.83. The van der Waals surface area contributed by atoms with Gasteiger partial charge in [0.2, 0.25) is 0 Å². The molecule has 94 valence electrons. The van der Waals surface area contributed by atoms with E-state index in [4.69, 9.17) is 4.74 Å². The van der Waals surface area contributed by atoms with Crippen molar-refractivity contribution < 1.29 is 9.84 Å². The van der Waals surface area contributed by atoms with Crippen LogP contribution in [0.3, 0.4) is 0 Å². The molecule has 0 aromatic rings. The van der Waals surface area contributed by atoms with E-state index in [0.717, 1.165) is 32.4 Å². The summed E-state index contributed by atoms with van der Waals surface area (Å²) in [5.74, 6) is 0.467. The highest BCUT2D eigenvalue weighted by Crippen LogP contribution is 2.29. The SMILES string of the molecule is CC1(C)CCC(CNCC2CCCC2O)O1. The lowest BCUT2D eigenvalue weighted by Crippen LogP contribution is -2.34. The number of rotatable bonds is 4. The fraction of sp³-hybridized carbons (Fsp3) is 1.00. The Labute approximate surface area is 98.6 Å². The van der Waals surface area contributed by atoms with Gasteiger partial charge in [0.05, 0.1) is 17.8 Å². The molecule has 0 bridgehead atoms. The molecule has 1 aliphatic heterocycles. The molecular formula is C13H25NO2. The second-order valence-corrected chi connectivity index (χ2v) is 5.95. The predicted molar refractivity (Wildman–Crippen MR) is 64.4 cm³/mol. The molecule has 0 radical (unpaired) electrons. The molecule has 0 spiro atoms. The molecule has 0 amide bonds. The summed E-state index contributed by atoms with van der Waals surface area (Å²) in [6.07, 6.45) is 5.95. The largest absolute Gasteiger partial charge is 0.393 e. The van der Waals surface area contributed by atoms with Gasteiger partial charge in [-0.3, -0.25) is 0 Å². The molecule has 16 heavy (non-hydrogen) atoms. The number of hydrogen-bond acceptors (Lipinski definition) is 3. The Kier molecular flexibility index (Phi) is 3.88. The van der Waals surface area contributed by atoms with Gasteiger partial charge in [-0.1, -0.05) is 6.42 Å². The van der Waals surface area contributed by atoms with Gasteiger partial charge in [0.1, 0.15) is 0 Å². The molecule has 1 heterocycles. The van der Waals surface area contributed by atoms with Crippen molar-refractivity contribution in [1.82, 2.24) is 5.32 Å². The van der Waals surface area contributed by atoms with Gasteiger partial charge in [-0.05, 0) is 45.4 Å². The minimum atomic E-state index is -0.0755. The van der Waals surface area contributed by atoms with Crippen molar-refractivity contribution in [3.63, 3.8) is 0 Å². The Morgan fingerprint density at radius 2 is 2.06 bits per heavy atom. The highest BCUT2D eigenvalue weighted by atomic mass is 16.5. The van der Waals surface area contributed by atoms with E-state index >= 15 is 0 Å². The normalized spacial score (nSPS) is 38.1. The van der Waals surface area contributed by atoms with E-state index in [2.05, 4.69) is 19.2 Å². The molecule has 0 aromatic carbocycles. The summed E-state index contributed by atoms with van der Waals surface area (Å²) in [5.41, 5.74) is 0.0687. The first kappa shape index (κ1) is 12.3. The fourth-order valence-corrected chi connectivity index (χ4v) is 2.91. The van der Waals surface area contributed by atoms with Crippen LogP contribution in [0.15, 0.2) is 0 Å². The molecular weight excluding hydrogens is 202 g/mol. The molecule has 2 rings (SSSR count). The number of ether oxygens (including phenoxy) is 1. The van der Waals surface area contributed by atoms with Gasteiger partial charge in [0, 0.05) is 13.1 Å². The zero-order chi connectivity index (χ0) is 11.6. The lowest BCUT2D eigenvalue weighted by Gasteiger charge is -2.21. The Morgan fingerprint density at radius 3 is 2.62 bits per heavy atom. The van der Waals surface area contributed by atoms with Crippen LogP contribution in [0.2, 0.25) is 0 Å². The third kappa shape index (κ3) is 3.19.